The first-order valence-corrected chi connectivity index (χ1v) is 7.14. The van der Waals surface area contributed by atoms with Crippen LogP contribution in [0.1, 0.15) is 18.4 Å². The largest absolute Gasteiger partial charge is 0.493 e. The molecular weight excluding hydrogens is 270 g/mol. The van der Waals surface area contributed by atoms with Crippen molar-refractivity contribution in [3.8, 4) is 11.8 Å². The predicted octanol–water partition coefficient (Wildman–Crippen LogP) is 2.40. The Hall–Kier alpha value is -1.61. The third-order valence-electron chi connectivity index (χ3n) is 2.67. The van der Waals surface area contributed by atoms with Crippen LogP contribution in [0.3, 0.4) is 0 Å². The molecule has 5 nitrogen and oxygen atoms in total. The second kappa shape index (κ2) is 12.2. The van der Waals surface area contributed by atoms with E-state index in [1.54, 1.807) is 19.2 Å². The van der Waals surface area contributed by atoms with Crippen LogP contribution in [0, 0.1) is 11.3 Å². The number of nitriles is 1. The highest BCUT2D eigenvalue weighted by Gasteiger charge is 1.96. The van der Waals surface area contributed by atoms with Gasteiger partial charge in [-0.1, -0.05) is 6.07 Å². The summed E-state index contributed by atoms with van der Waals surface area (Å²) in [5.74, 6) is 0.723. The van der Waals surface area contributed by atoms with Crippen molar-refractivity contribution < 1.29 is 18.9 Å². The van der Waals surface area contributed by atoms with E-state index in [0.717, 1.165) is 18.6 Å². The van der Waals surface area contributed by atoms with E-state index in [1.165, 1.54) is 0 Å². The molecule has 0 bridgehead atoms. The Bertz CT molecular complexity index is 417. The number of methoxy groups -OCH3 is 1. The Morgan fingerprint density at radius 1 is 0.952 bits per heavy atom. The summed E-state index contributed by atoms with van der Waals surface area (Å²) in [7, 11) is 1.66. The summed E-state index contributed by atoms with van der Waals surface area (Å²) < 4.78 is 21.2. The summed E-state index contributed by atoms with van der Waals surface area (Å²) in [5, 5.41) is 8.78. The van der Waals surface area contributed by atoms with Crippen molar-refractivity contribution in [1.82, 2.24) is 0 Å². The summed E-state index contributed by atoms with van der Waals surface area (Å²) in [6.07, 6.45) is 1.70. The van der Waals surface area contributed by atoms with E-state index in [9.17, 15) is 0 Å². The average Bonchev–Trinajstić information content (AvgIpc) is 2.53. The van der Waals surface area contributed by atoms with Gasteiger partial charge in [0.1, 0.15) is 5.75 Å². The zero-order chi connectivity index (χ0) is 15.2. The fourth-order valence-corrected chi connectivity index (χ4v) is 1.62. The molecule has 0 aromatic heterocycles. The van der Waals surface area contributed by atoms with Crippen molar-refractivity contribution in [2.75, 3.05) is 46.8 Å². The molecule has 116 valence electrons. The van der Waals surface area contributed by atoms with Crippen molar-refractivity contribution in [3.05, 3.63) is 29.8 Å². The lowest BCUT2D eigenvalue weighted by Crippen LogP contribution is -2.07. The molecular formula is C16H23NO4. The monoisotopic (exact) mass is 293 g/mol. The molecule has 0 aliphatic rings. The molecule has 0 unspecified atom stereocenters. The highest BCUT2D eigenvalue weighted by molar-refractivity contribution is 5.36. The standard InChI is InChI=1S/C16H23NO4/c1-18-11-12-20-8-3-7-19-9-4-10-21-16-6-2-5-15(13-16)14-17/h2,5-6,13H,3-4,7-12H2,1H3. The number of hydrogen-bond acceptors (Lipinski definition) is 5. The van der Waals surface area contributed by atoms with E-state index in [1.807, 2.05) is 12.1 Å². The molecule has 0 fully saturated rings. The van der Waals surface area contributed by atoms with E-state index in [0.29, 0.717) is 45.2 Å². The van der Waals surface area contributed by atoms with E-state index in [-0.39, 0.29) is 0 Å². The zero-order valence-electron chi connectivity index (χ0n) is 12.5. The van der Waals surface area contributed by atoms with E-state index in [2.05, 4.69) is 6.07 Å². The second-order valence-corrected chi connectivity index (χ2v) is 4.41. The minimum absolute atomic E-state index is 0.583. The van der Waals surface area contributed by atoms with Gasteiger partial charge in [0.05, 0.1) is 31.5 Å². The van der Waals surface area contributed by atoms with Gasteiger partial charge in [0, 0.05) is 33.4 Å². The Balaban J connectivity index is 1.92. The summed E-state index contributed by atoms with van der Waals surface area (Å²) in [5.41, 5.74) is 0.609. The van der Waals surface area contributed by atoms with Gasteiger partial charge in [-0.2, -0.15) is 5.26 Å². The van der Waals surface area contributed by atoms with E-state index >= 15 is 0 Å². The molecule has 0 spiro atoms. The van der Waals surface area contributed by atoms with Gasteiger partial charge >= 0.3 is 0 Å². The molecule has 0 N–H and O–H groups in total. The normalized spacial score (nSPS) is 10.3. The molecule has 0 saturated heterocycles. The van der Waals surface area contributed by atoms with Crippen LogP contribution in [0.5, 0.6) is 5.75 Å². The lowest BCUT2D eigenvalue weighted by molar-refractivity contribution is 0.0496. The fourth-order valence-electron chi connectivity index (χ4n) is 1.62. The molecule has 1 rings (SSSR count). The minimum Gasteiger partial charge on any atom is -0.493 e. The Labute approximate surface area is 126 Å². The van der Waals surface area contributed by atoms with Crippen molar-refractivity contribution in [2.24, 2.45) is 0 Å². The van der Waals surface area contributed by atoms with Gasteiger partial charge in [0.25, 0.3) is 0 Å². The van der Waals surface area contributed by atoms with Crippen LogP contribution in [0.4, 0.5) is 0 Å². The van der Waals surface area contributed by atoms with Crippen LogP contribution in [-0.2, 0) is 14.2 Å². The van der Waals surface area contributed by atoms with Crippen molar-refractivity contribution in [1.29, 1.82) is 5.26 Å². The van der Waals surface area contributed by atoms with Crippen molar-refractivity contribution in [3.63, 3.8) is 0 Å². The van der Waals surface area contributed by atoms with E-state index < -0.39 is 0 Å². The summed E-state index contributed by atoms with van der Waals surface area (Å²) in [6, 6.07) is 9.23. The van der Waals surface area contributed by atoms with Crippen molar-refractivity contribution in [2.45, 2.75) is 12.8 Å². The molecule has 0 radical (unpaired) electrons. The maximum atomic E-state index is 8.78. The Morgan fingerprint density at radius 3 is 2.38 bits per heavy atom. The third-order valence-corrected chi connectivity index (χ3v) is 2.67. The summed E-state index contributed by atoms with van der Waals surface area (Å²) in [6.45, 7) is 3.89. The van der Waals surface area contributed by atoms with Crippen LogP contribution in [0.25, 0.3) is 0 Å². The zero-order valence-corrected chi connectivity index (χ0v) is 12.5. The Morgan fingerprint density at radius 2 is 1.67 bits per heavy atom. The second-order valence-electron chi connectivity index (χ2n) is 4.41. The lowest BCUT2D eigenvalue weighted by atomic mass is 10.2. The highest BCUT2D eigenvalue weighted by Crippen LogP contribution is 2.12. The van der Waals surface area contributed by atoms with Gasteiger partial charge in [0.15, 0.2) is 0 Å². The minimum atomic E-state index is 0.583. The smallest absolute Gasteiger partial charge is 0.120 e. The summed E-state index contributed by atoms with van der Waals surface area (Å²) >= 11 is 0. The van der Waals surface area contributed by atoms with Gasteiger partial charge in [-0.3, -0.25) is 0 Å². The quantitative estimate of drug-likeness (QED) is 0.554. The fraction of sp³-hybridized carbons (Fsp3) is 0.562. The highest BCUT2D eigenvalue weighted by atomic mass is 16.5. The summed E-state index contributed by atoms with van der Waals surface area (Å²) in [4.78, 5) is 0. The molecule has 5 heteroatoms. The topological polar surface area (TPSA) is 60.7 Å². The number of ether oxygens (including phenoxy) is 4. The van der Waals surface area contributed by atoms with Crippen LogP contribution in [-0.4, -0.2) is 46.8 Å². The molecule has 1 aromatic carbocycles. The van der Waals surface area contributed by atoms with Gasteiger partial charge in [-0.25, -0.2) is 0 Å². The third kappa shape index (κ3) is 9.03. The molecule has 21 heavy (non-hydrogen) atoms. The molecule has 0 heterocycles. The number of benzene rings is 1. The van der Waals surface area contributed by atoms with Gasteiger partial charge in [-0.15, -0.1) is 0 Å². The molecule has 0 atom stereocenters. The SMILES string of the molecule is COCCOCCCOCCCOc1cccc(C#N)c1. The number of hydrogen-bond donors (Lipinski definition) is 0. The molecule has 0 aliphatic carbocycles. The molecule has 0 aliphatic heterocycles. The van der Waals surface area contributed by atoms with Crippen LogP contribution in [0.15, 0.2) is 24.3 Å². The van der Waals surface area contributed by atoms with Gasteiger partial charge < -0.3 is 18.9 Å². The maximum absolute atomic E-state index is 8.78. The van der Waals surface area contributed by atoms with E-state index in [4.69, 9.17) is 24.2 Å². The average molecular weight is 293 g/mol. The molecule has 0 amide bonds. The predicted molar refractivity (Wildman–Crippen MR) is 79.4 cm³/mol. The van der Waals surface area contributed by atoms with Gasteiger partial charge in [0.2, 0.25) is 0 Å². The number of rotatable bonds is 12. The van der Waals surface area contributed by atoms with Gasteiger partial charge in [-0.05, 0) is 24.6 Å². The van der Waals surface area contributed by atoms with Crippen LogP contribution < -0.4 is 4.74 Å². The molecule has 0 saturated carbocycles. The first-order chi connectivity index (χ1) is 10.4. The molecule has 1 aromatic rings. The lowest BCUT2D eigenvalue weighted by Gasteiger charge is -2.07. The van der Waals surface area contributed by atoms with Crippen LogP contribution >= 0.6 is 0 Å². The maximum Gasteiger partial charge on any atom is 0.120 e. The van der Waals surface area contributed by atoms with Crippen molar-refractivity contribution >= 4 is 0 Å². The first-order valence-electron chi connectivity index (χ1n) is 7.14. The first kappa shape index (κ1) is 17.4. The number of nitrogens with zero attached hydrogens (tertiary/aromatic N) is 1. The Kier molecular flexibility index (Phi) is 10.1. The van der Waals surface area contributed by atoms with Crippen LogP contribution in [0.2, 0.25) is 0 Å².